The van der Waals surface area contributed by atoms with Crippen molar-refractivity contribution in [2.75, 3.05) is 11.4 Å². The van der Waals surface area contributed by atoms with E-state index in [4.69, 9.17) is 5.11 Å². The van der Waals surface area contributed by atoms with Crippen LogP contribution in [-0.4, -0.2) is 22.6 Å². The molecule has 0 aliphatic heterocycles. The van der Waals surface area contributed by atoms with E-state index in [-0.39, 0.29) is 12.2 Å². The quantitative estimate of drug-likeness (QED) is 0.684. The topological polar surface area (TPSA) is 53.4 Å². The second kappa shape index (κ2) is 7.44. The summed E-state index contributed by atoms with van der Waals surface area (Å²) in [6.07, 6.45) is 0.0132. The first-order valence-corrected chi connectivity index (χ1v) is 8.68. The summed E-state index contributed by atoms with van der Waals surface area (Å²) >= 11 is 1.44. The third-order valence-corrected chi connectivity index (χ3v) is 4.62. The van der Waals surface area contributed by atoms with Crippen LogP contribution in [0.15, 0.2) is 53.9 Å². The average molecular weight is 356 g/mol. The number of rotatable bonds is 6. The fraction of sp³-hybridized carbons (Fsp3) is 0.158. The number of carboxylic acids is 1. The molecular weight excluding hydrogens is 339 g/mol. The first-order chi connectivity index (χ1) is 12.0. The summed E-state index contributed by atoms with van der Waals surface area (Å²) in [5, 5.41) is 11.6. The zero-order valence-electron chi connectivity index (χ0n) is 13.6. The zero-order chi connectivity index (χ0) is 17.8. The zero-order valence-corrected chi connectivity index (χ0v) is 14.5. The molecule has 0 unspecified atom stereocenters. The summed E-state index contributed by atoms with van der Waals surface area (Å²) in [5.41, 5.74) is 3.60. The van der Waals surface area contributed by atoms with Crippen LogP contribution in [-0.2, 0) is 4.79 Å². The minimum atomic E-state index is -0.854. The van der Waals surface area contributed by atoms with Gasteiger partial charge in [0.15, 0.2) is 5.13 Å². The van der Waals surface area contributed by atoms with Crippen LogP contribution in [0.4, 0.5) is 15.2 Å². The molecule has 1 heterocycles. The van der Waals surface area contributed by atoms with E-state index in [1.54, 1.807) is 12.1 Å². The van der Waals surface area contributed by atoms with E-state index in [1.807, 2.05) is 41.5 Å². The van der Waals surface area contributed by atoms with Crippen molar-refractivity contribution in [1.29, 1.82) is 0 Å². The van der Waals surface area contributed by atoms with Crippen molar-refractivity contribution in [3.63, 3.8) is 0 Å². The predicted molar refractivity (Wildman–Crippen MR) is 97.9 cm³/mol. The number of hydrogen-bond acceptors (Lipinski definition) is 4. The molecular formula is C19H17FN2O2S. The van der Waals surface area contributed by atoms with E-state index in [0.717, 1.165) is 22.5 Å². The number of thiazole rings is 1. The van der Waals surface area contributed by atoms with Crippen LogP contribution < -0.4 is 4.90 Å². The Morgan fingerprint density at radius 2 is 1.84 bits per heavy atom. The van der Waals surface area contributed by atoms with Crippen molar-refractivity contribution in [2.45, 2.75) is 13.3 Å². The number of hydrogen-bond donors (Lipinski definition) is 1. The Morgan fingerprint density at radius 1 is 1.16 bits per heavy atom. The summed E-state index contributed by atoms with van der Waals surface area (Å²) in [4.78, 5) is 17.5. The van der Waals surface area contributed by atoms with Crippen molar-refractivity contribution in [2.24, 2.45) is 0 Å². The van der Waals surface area contributed by atoms with Crippen molar-refractivity contribution < 1.29 is 14.3 Å². The third kappa shape index (κ3) is 4.22. The molecule has 0 amide bonds. The van der Waals surface area contributed by atoms with Gasteiger partial charge in [0.25, 0.3) is 0 Å². The molecule has 0 aliphatic carbocycles. The molecule has 0 bridgehead atoms. The fourth-order valence-electron chi connectivity index (χ4n) is 2.41. The molecule has 1 aromatic heterocycles. The van der Waals surface area contributed by atoms with Crippen LogP contribution in [0.1, 0.15) is 12.0 Å². The normalized spacial score (nSPS) is 10.6. The van der Waals surface area contributed by atoms with Gasteiger partial charge in [-0.05, 0) is 43.3 Å². The monoisotopic (exact) mass is 356 g/mol. The Morgan fingerprint density at radius 3 is 2.48 bits per heavy atom. The minimum Gasteiger partial charge on any atom is -0.481 e. The first-order valence-electron chi connectivity index (χ1n) is 7.80. The Bertz CT molecular complexity index is 860. The molecule has 0 radical (unpaired) electrons. The van der Waals surface area contributed by atoms with Crippen LogP contribution in [0.5, 0.6) is 0 Å². The number of aryl methyl sites for hydroxylation is 1. The molecule has 6 heteroatoms. The Hall–Kier alpha value is -2.73. The van der Waals surface area contributed by atoms with Gasteiger partial charge >= 0.3 is 5.97 Å². The van der Waals surface area contributed by atoms with E-state index >= 15 is 0 Å². The number of carbonyl (C=O) groups is 1. The molecule has 1 N–H and O–H groups in total. The molecule has 0 saturated heterocycles. The van der Waals surface area contributed by atoms with Gasteiger partial charge in [0, 0.05) is 23.2 Å². The maximum Gasteiger partial charge on any atom is 0.305 e. The lowest BCUT2D eigenvalue weighted by Gasteiger charge is -2.21. The van der Waals surface area contributed by atoms with E-state index in [2.05, 4.69) is 4.98 Å². The standard InChI is InChI=1S/C19H17FN2O2S/c1-13-2-8-16(9-3-13)22(11-10-18(23)24)19-21-17(12-25-19)14-4-6-15(20)7-5-14/h2-9,12H,10-11H2,1H3,(H,23,24). The van der Waals surface area contributed by atoms with Crippen LogP contribution >= 0.6 is 11.3 Å². The van der Waals surface area contributed by atoms with Crippen molar-refractivity contribution in [3.8, 4) is 11.3 Å². The molecule has 0 spiro atoms. The van der Waals surface area contributed by atoms with Gasteiger partial charge in [-0.25, -0.2) is 9.37 Å². The minimum absolute atomic E-state index is 0.0132. The van der Waals surface area contributed by atoms with Crippen LogP contribution in [0.3, 0.4) is 0 Å². The van der Waals surface area contributed by atoms with Crippen molar-refractivity contribution in [1.82, 2.24) is 4.98 Å². The van der Waals surface area contributed by atoms with Crippen LogP contribution in [0.25, 0.3) is 11.3 Å². The SMILES string of the molecule is Cc1ccc(N(CCC(=O)O)c2nc(-c3ccc(F)cc3)cs2)cc1. The van der Waals surface area contributed by atoms with E-state index in [9.17, 15) is 9.18 Å². The van der Waals surface area contributed by atoms with Gasteiger partial charge in [-0.1, -0.05) is 17.7 Å². The lowest BCUT2D eigenvalue weighted by molar-refractivity contribution is -0.136. The molecule has 0 fully saturated rings. The summed E-state index contributed by atoms with van der Waals surface area (Å²) in [6.45, 7) is 2.33. The molecule has 3 aromatic rings. The van der Waals surface area contributed by atoms with Gasteiger partial charge in [0.1, 0.15) is 5.82 Å². The number of anilines is 2. The van der Waals surface area contributed by atoms with Crippen LogP contribution in [0, 0.1) is 12.7 Å². The van der Waals surface area contributed by atoms with Gasteiger partial charge in [-0.3, -0.25) is 4.79 Å². The smallest absolute Gasteiger partial charge is 0.305 e. The Balaban J connectivity index is 1.91. The average Bonchev–Trinajstić information content (AvgIpc) is 3.07. The van der Waals surface area contributed by atoms with Gasteiger partial charge in [0.2, 0.25) is 0 Å². The summed E-state index contributed by atoms with van der Waals surface area (Å²) in [5.74, 6) is -1.14. The van der Waals surface area contributed by atoms with Gasteiger partial charge in [-0.15, -0.1) is 11.3 Å². The molecule has 0 aliphatic rings. The molecule has 2 aromatic carbocycles. The van der Waals surface area contributed by atoms with Crippen molar-refractivity contribution in [3.05, 3.63) is 65.3 Å². The number of aromatic nitrogens is 1. The number of aliphatic carboxylic acids is 1. The summed E-state index contributed by atoms with van der Waals surface area (Å²) in [7, 11) is 0. The van der Waals surface area contributed by atoms with Crippen molar-refractivity contribution >= 4 is 28.1 Å². The highest BCUT2D eigenvalue weighted by Crippen LogP contribution is 2.32. The van der Waals surface area contributed by atoms with Gasteiger partial charge in [-0.2, -0.15) is 0 Å². The second-order valence-corrected chi connectivity index (χ2v) is 6.49. The van der Waals surface area contributed by atoms with Gasteiger partial charge in [0.05, 0.1) is 12.1 Å². The molecule has 3 rings (SSSR count). The maximum atomic E-state index is 13.1. The lowest BCUT2D eigenvalue weighted by Crippen LogP contribution is -2.20. The number of benzene rings is 2. The molecule has 25 heavy (non-hydrogen) atoms. The first kappa shape index (κ1) is 17.1. The summed E-state index contributed by atoms with van der Waals surface area (Å²) < 4.78 is 13.1. The maximum absolute atomic E-state index is 13.1. The second-order valence-electron chi connectivity index (χ2n) is 5.65. The Kier molecular flexibility index (Phi) is 5.09. The van der Waals surface area contributed by atoms with E-state index in [1.165, 1.54) is 23.5 Å². The predicted octanol–water partition coefficient (Wildman–Crippen LogP) is 4.87. The fourth-order valence-corrected chi connectivity index (χ4v) is 3.29. The highest BCUT2D eigenvalue weighted by atomic mass is 32.1. The lowest BCUT2D eigenvalue weighted by atomic mass is 10.2. The number of halogens is 1. The number of nitrogens with zero attached hydrogens (tertiary/aromatic N) is 2. The van der Waals surface area contributed by atoms with Crippen LogP contribution in [0.2, 0.25) is 0 Å². The third-order valence-electron chi connectivity index (χ3n) is 3.76. The van der Waals surface area contributed by atoms with E-state index in [0.29, 0.717) is 11.7 Å². The van der Waals surface area contributed by atoms with E-state index < -0.39 is 5.97 Å². The summed E-state index contributed by atoms with van der Waals surface area (Å²) in [6, 6.07) is 14.0. The molecule has 0 saturated carbocycles. The molecule has 4 nitrogen and oxygen atoms in total. The largest absolute Gasteiger partial charge is 0.481 e. The molecule has 0 atom stereocenters. The molecule has 128 valence electrons. The highest BCUT2D eigenvalue weighted by Gasteiger charge is 2.15. The number of carboxylic acid groups (broad SMARTS) is 1. The van der Waals surface area contributed by atoms with Gasteiger partial charge < -0.3 is 10.0 Å². The highest BCUT2D eigenvalue weighted by molar-refractivity contribution is 7.14. The Labute approximate surface area is 149 Å².